The first kappa shape index (κ1) is 14.4. The molecule has 2 rings (SSSR count). The summed E-state index contributed by atoms with van der Waals surface area (Å²) >= 11 is 0. The van der Waals surface area contributed by atoms with Gasteiger partial charge in [-0.3, -0.25) is 4.79 Å². The van der Waals surface area contributed by atoms with Crippen molar-refractivity contribution in [1.82, 2.24) is 15.5 Å². The molecule has 0 radical (unpaired) electrons. The Bertz CT molecular complexity index is 581. The van der Waals surface area contributed by atoms with Gasteiger partial charge in [-0.25, -0.2) is 4.79 Å². The summed E-state index contributed by atoms with van der Waals surface area (Å²) in [5.41, 5.74) is 0.622. The number of amides is 1. The third-order valence-corrected chi connectivity index (χ3v) is 2.60. The van der Waals surface area contributed by atoms with Gasteiger partial charge < -0.3 is 14.8 Å². The summed E-state index contributed by atoms with van der Waals surface area (Å²) in [6.45, 7) is 0. The van der Waals surface area contributed by atoms with E-state index in [0.717, 1.165) is 0 Å². The van der Waals surface area contributed by atoms with Crippen LogP contribution in [0.5, 0.6) is 11.6 Å². The number of ether oxygens (including phenoxy) is 2. The van der Waals surface area contributed by atoms with E-state index in [-0.39, 0.29) is 17.5 Å². The molecule has 0 fully saturated rings. The molecule has 1 amide bonds. The minimum Gasteiger partial charge on any atom is -0.465 e. The molecule has 0 unspecified atom stereocenters. The van der Waals surface area contributed by atoms with Crippen LogP contribution >= 0.6 is 0 Å². The molecule has 2 aromatic rings. The summed E-state index contributed by atoms with van der Waals surface area (Å²) in [6, 6.07) is 9.41. The molecular weight excluding hydrogens is 274 g/mol. The lowest BCUT2D eigenvalue weighted by atomic mass is 10.2. The highest BCUT2D eigenvalue weighted by Crippen LogP contribution is 2.19. The fraction of sp³-hybridized carbons (Fsp3) is 0.143. The van der Waals surface area contributed by atoms with E-state index in [1.807, 2.05) is 0 Å². The third-order valence-electron chi connectivity index (χ3n) is 2.60. The highest BCUT2D eigenvalue weighted by Gasteiger charge is 2.08. The van der Waals surface area contributed by atoms with Crippen molar-refractivity contribution in [1.29, 1.82) is 0 Å². The Morgan fingerprint density at radius 2 is 1.76 bits per heavy atom. The van der Waals surface area contributed by atoms with Crippen molar-refractivity contribution in [2.75, 3.05) is 14.2 Å². The molecule has 0 aliphatic heterocycles. The van der Waals surface area contributed by atoms with Gasteiger partial charge in [0.25, 0.3) is 5.91 Å². The van der Waals surface area contributed by atoms with Gasteiger partial charge in [0.2, 0.25) is 5.88 Å². The van der Waals surface area contributed by atoms with Gasteiger partial charge in [0, 0.05) is 13.1 Å². The van der Waals surface area contributed by atoms with E-state index in [0.29, 0.717) is 11.3 Å². The topological polar surface area (TPSA) is 90.4 Å². The minimum atomic E-state index is -0.420. The average Bonchev–Trinajstić information content (AvgIpc) is 2.55. The van der Waals surface area contributed by atoms with Crippen LogP contribution in [-0.4, -0.2) is 36.2 Å². The van der Waals surface area contributed by atoms with E-state index in [9.17, 15) is 9.59 Å². The number of benzene rings is 1. The molecule has 1 aromatic carbocycles. The summed E-state index contributed by atoms with van der Waals surface area (Å²) in [7, 11) is 2.83. The molecule has 0 atom stereocenters. The van der Waals surface area contributed by atoms with Crippen LogP contribution in [0.1, 0.15) is 20.8 Å². The van der Waals surface area contributed by atoms with E-state index >= 15 is 0 Å². The lowest BCUT2D eigenvalue weighted by molar-refractivity contribution is 0.0600. The second-order valence-electron chi connectivity index (χ2n) is 3.95. The molecule has 1 N–H and O–H groups in total. The van der Waals surface area contributed by atoms with E-state index in [4.69, 9.17) is 4.74 Å². The molecule has 7 nitrogen and oxygen atoms in total. The molecule has 0 aliphatic rings. The second kappa shape index (κ2) is 6.47. The van der Waals surface area contributed by atoms with E-state index in [1.54, 1.807) is 24.3 Å². The number of rotatable bonds is 4. The number of methoxy groups -OCH3 is 1. The molecule has 0 aliphatic carbocycles. The van der Waals surface area contributed by atoms with Gasteiger partial charge in [-0.1, -0.05) is 0 Å². The number of hydrogen-bond acceptors (Lipinski definition) is 6. The summed E-state index contributed by atoms with van der Waals surface area (Å²) < 4.78 is 10.1. The normalized spacial score (nSPS) is 9.81. The van der Waals surface area contributed by atoms with E-state index in [1.165, 1.54) is 26.3 Å². The fourth-order valence-electron chi connectivity index (χ4n) is 1.52. The van der Waals surface area contributed by atoms with Gasteiger partial charge in [-0.2, -0.15) is 0 Å². The Morgan fingerprint density at radius 3 is 2.29 bits per heavy atom. The van der Waals surface area contributed by atoms with Crippen molar-refractivity contribution < 1.29 is 19.1 Å². The van der Waals surface area contributed by atoms with Crippen molar-refractivity contribution in [3.05, 3.63) is 47.7 Å². The van der Waals surface area contributed by atoms with Crippen LogP contribution in [-0.2, 0) is 4.74 Å². The first-order valence-electron chi connectivity index (χ1n) is 6.06. The molecule has 1 heterocycles. The largest absolute Gasteiger partial charge is 0.465 e. The van der Waals surface area contributed by atoms with Crippen LogP contribution in [0.25, 0.3) is 0 Å². The van der Waals surface area contributed by atoms with Gasteiger partial charge in [0.1, 0.15) is 5.75 Å². The zero-order chi connectivity index (χ0) is 15.2. The van der Waals surface area contributed by atoms with Crippen molar-refractivity contribution in [2.24, 2.45) is 0 Å². The molecule has 108 valence electrons. The van der Waals surface area contributed by atoms with Crippen LogP contribution in [0.4, 0.5) is 0 Å². The third kappa shape index (κ3) is 3.53. The van der Waals surface area contributed by atoms with Crippen molar-refractivity contribution in [3.8, 4) is 11.6 Å². The zero-order valence-corrected chi connectivity index (χ0v) is 11.5. The van der Waals surface area contributed by atoms with Gasteiger partial charge in [0.15, 0.2) is 5.69 Å². The SMILES string of the molecule is CNC(=O)c1ccc(Oc2ccc(C(=O)OC)cc2)nn1. The quantitative estimate of drug-likeness (QED) is 0.855. The van der Waals surface area contributed by atoms with Crippen LogP contribution in [0.2, 0.25) is 0 Å². The maximum absolute atomic E-state index is 11.3. The van der Waals surface area contributed by atoms with E-state index in [2.05, 4.69) is 20.3 Å². The van der Waals surface area contributed by atoms with Crippen LogP contribution in [0, 0.1) is 0 Å². The summed E-state index contributed by atoms with van der Waals surface area (Å²) in [6.07, 6.45) is 0. The van der Waals surface area contributed by atoms with Gasteiger partial charge in [0.05, 0.1) is 12.7 Å². The Morgan fingerprint density at radius 1 is 1.05 bits per heavy atom. The van der Waals surface area contributed by atoms with Crippen molar-refractivity contribution in [3.63, 3.8) is 0 Å². The first-order chi connectivity index (χ1) is 10.1. The number of nitrogens with one attached hydrogen (secondary N) is 1. The number of hydrogen-bond donors (Lipinski definition) is 1. The lowest BCUT2D eigenvalue weighted by Gasteiger charge is -2.05. The zero-order valence-electron chi connectivity index (χ0n) is 11.5. The summed E-state index contributed by atoms with van der Waals surface area (Å²) in [5, 5.41) is 9.98. The predicted molar refractivity (Wildman–Crippen MR) is 73.3 cm³/mol. The molecule has 1 aromatic heterocycles. The Balaban J connectivity index is 2.08. The Kier molecular flexibility index (Phi) is 4.45. The molecule has 0 saturated carbocycles. The van der Waals surface area contributed by atoms with Crippen molar-refractivity contribution in [2.45, 2.75) is 0 Å². The number of esters is 1. The van der Waals surface area contributed by atoms with Crippen LogP contribution < -0.4 is 10.1 Å². The second-order valence-corrected chi connectivity index (χ2v) is 3.95. The Labute approximate surface area is 120 Å². The van der Waals surface area contributed by atoms with Crippen molar-refractivity contribution >= 4 is 11.9 Å². The summed E-state index contributed by atoms with van der Waals surface area (Å²) in [4.78, 5) is 22.6. The van der Waals surface area contributed by atoms with Gasteiger partial charge >= 0.3 is 5.97 Å². The number of carbonyl (C=O) groups excluding carboxylic acids is 2. The molecule has 21 heavy (non-hydrogen) atoms. The average molecular weight is 287 g/mol. The molecule has 0 saturated heterocycles. The highest BCUT2D eigenvalue weighted by atomic mass is 16.5. The Hall–Kier alpha value is -2.96. The molecular formula is C14H13N3O4. The number of nitrogens with zero attached hydrogens (tertiary/aromatic N) is 2. The highest BCUT2D eigenvalue weighted by molar-refractivity contribution is 5.91. The monoisotopic (exact) mass is 287 g/mol. The van der Waals surface area contributed by atoms with Crippen LogP contribution in [0.3, 0.4) is 0 Å². The smallest absolute Gasteiger partial charge is 0.337 e. The fourth-order valence-corrected chi connectivity index (χ4v) is 1.52. The molecule has 0 bridgehead atoms. The number of aromatic nitrogens is 2. The lowest BCUT2D eigenvalue weighted by Crippen LogP contribution is -2.19. The van der Waals surface area contributed by atoms with Gasteiger partial charge in [-0.15, -0.1) is 10.2 Å². The maximum Gasteiger partial charge on any atom is 0.337 e. The van der Waals surface area contributed by atoms with Gasteiger partial charge in [-0.05, 0) is 30.3 Å². The molecule has 0 spiro atoms. The number of carbonyl (C=O) groups is 2. The predicted octanol–water partition coefficient (Wildman–Crippen LogP) is 1.42. The molecule has 7 heteroatoms. The summed E-state index contributed by atoms with van der Waals surface area (Å²) in [5.74, 6) is -0.00845. The maximum atomic E-state index is 11.3. The standard InChI is InChI=1S/C14H13N3O4/c1-15-13(18)11-7-8-12(17-16-11)21-10-5-3-9(4-6-10)14(19)20-2/h3-8H,1-2H3,(H,15,18). The minimum absolute atomic E-state index is 0.200. The first-order valence-corrected chi connectivity index (χ1v) is 6.06. The van der Waals surface area contributed by atoms with E-state index < -0.39 is 5.97 Å². The van der Waals surface area contributed by atoms with Crippen LogP contribution in [0.15, 0.2) is 36.4 Å².